The van der Waals surface area contributed by atoms with Gasteiger partial charge in [-0.2, -0.15) is 0 Å². The first-order valence-corrected chi connectivity index (χ1v) is 10.8. The maximum atomic E-state index is 13.7. The zero-order chi connectivity index (χ0) is 21.1. The fourth-order valence-electron chi connectivity index (χ4n) is 3.46. The summed E-state index contributed by atoms with van der Waals surface area (Å²) < 4.78 is 14.8. The van der Waals surface area contributed by atoms with E-state index in [0.29, 0.717) is 30.1 Å². The predicted octanol–water partition coefficient (Wildman–Crippen LogP) is 6.06. The molecule has 4 rings (SSSR count). The van der Waals surface area contributed by atoms with Crippen LogP contribution in [-0.4, -0.2) is 19.0 Å². The summed E-state index contributed by atoms with van der Waals surface area (Å²) in [5, 5.41) is 4.32. The zero-order valence-electron chi connectivity index (χ0n) is 16.5. The molecule has 4 aromatic rings. The van der Waals surface area contributed by atoms with Gasteiger partial charge in [-0.05, 0) is 58.5 Å². The van der Waals surface area contributed by atoms with Crippen LogP contribution in [0.1, 0.15) is 20.8 Å². The molecule has 31 heavy (non-hydrogen) atoms. The molecule has 7 heteroatoms. The molecular weight excluding hydrogens is 454 g/mol. The second kappa shape index (κ2) is 10.2. The van der Waals surface area contributed by atoms with Crippen LogP contribution in [-0.2, 0) is 6.42 Å². The summed E-state index contributed by atoms with van der Waals surface area (Å²) in [5.74, 6) is -0.464. The molecule has 1 amide bonds. The molecule has 0 aliphatic carbocycles. The largest absolute Gasteiger partial charge is 0.351 e. The molecule has 0 atom stereocenters. The number of carbonyl (C=O) groups is 1. The molecule has 0 aliphatic rings. The van der Waals surface area contributed by atoms with Gasteiger partial charge in [0.1, 0.15) is 5.82 Å². The van der Waals surface area contributed by atoms with E-state index in [-0.39, 0.29) is 24.1 Å². The van der Waals surface area contributed by atoms with E-state index in [1.165, 1.54) is 12.1 Å². The van der Waals surface area contributed by atoms with E-state index >= 15 is 0 Å². The van der Waals surface area contributed by atoms with Gasteiger partial charge in [0.15, 0.2) is 0 Å². The lowest BCUT2D eigenvalue weighted by Crippen LogP contribution is -2.28. The van der Waals surface area contributed by atoms with Crippen LogP contribution >= 0.6 is 35.3 Å². The van der Waals surface area contributed by atoms with E-state index in [1.807, 2.05) is 24.3 Å². The summed E-state index contributed by atoms with van der Waals surface area (Å²) in [6.07, 6.45) is 0.609. The van der Waals surface area contributed by atoms with Crippen LogP contribution in [0.3, 0.4) is 0 Å². The number of fused-ring (bicyclic) bond motifs is 1. The van der Waals surface area contributed by atoms with Crippen LogP contribution in [0.2, 0.25) is 5.02 Å². The first-order chi connectivity index (χ1) is 14.5. The Morgan fingerprint density at radius 2 is 1.87 bits per heavy atom. The molecule has 0 radical (unpaired) electrons. The van der Waals surface area contributed by atoms with Gasteiger partial charge in [0, 0.05) is 39.7 Å². The summed E-state index contributed by atoms with van der Waals surface area (Å²) in [6, 6.07) is 20.4. The maximum Gasteiger partial charge on any atom is 0.251 e. The lowest BCUT2D eigenvalue weighted by atomic mass is 10.0. The average molecular weight is 475 g/mol. The second-order valence-electron chi connectivity index (χ2n) is 7.02. The normalized spacial score (nSPS) is 10.7. The third-order valence-corrected chi connectivity index (χ3v) is 6.16. The highest BCUT2D eigenvalue weighted by molar-refractivity contribution is 7.19. The van der Waals surface area contributed by atoms with E-state index in [1.54, 1.807) is 23.5 Å². The number of thiophene rings is 1. The predicted molar refractivity (Wildman–Crippen MR) is 130 cm³/mol. The highest BCUT2D eigenvalue weighted by Gasteiger charge is 2.12. The Hall–Kier alpha value is -2.44. The Morgan fingerprint density at radius 1 is 1.06 bits per heavy atom. The van der Waals surface area contributed by atoms with Crippen molar-refractivity contribution in [1.29, 1.82) is 0 Å². The lowest BCUT2D eigenvalue weighted by Gasteiger charge is -2.07. The van der Waals surface area contributed by atoms with E-state index in [2.05, 4.69) is 23.5 Å². The Morgan fingerprint density at radius 3 is 2.65 bits per heavy atom. The number of hydrogen-bond acceptors (Lipinski definition) is 3. The molecule has 0 fully saturated rings. The van der Waals surface area contributed by atoms with E-state index in [4.69, 9.17) is 17.3 Å². The fourth-order valence-corrected chi connectivity index (χ4v) is 4.93. The highest BCUT2D eigenvalue weighted by Crippen LogP contribution is 2.36. The number of benzene rings is 3. The van der Waals surface area contributed by atoms with Gasteiger partial charge in [0.2, 0.25) is 0 Å². The van der Waals surface area contributed by atoms with Crippen molar-refractivity contribution in [3.05, 3.63) is 93.6 Å². The number of halogens is 3. The maximum absolute atomic E-state index is 13.7. The molecule has 160 valence electrons. The quantitative estimate of drug-likeness (QED) is 0.356. The minimum Gasteiger partial charge on any atom is -0.351 e. The Bertz CT molecular complexity index is 1210. The van der Waals surface area contributed by atoms with Crippen molar-refractivity contribution in [3.63, 3.8) is 0 Å². The number of amides is 1. The van der Waals surface area contributed by atoms with Crippen LogP contribution < -0.4 is 11.1 Å². The smallest absolute Gasteiger partial charge is 0.251 e. The number of rotatable bonds is 6. The van der Waals surface area contributed by atoms with Crippen molar-refractivity contribution in [1.82, 2.24) is 5.32 Å². The molecule has 1 heterocycles. The van der Waals surface area contributed by atoms with Crippen molar-refractivity contribution < 1.29 is 9.18 Å². The standard InChI is InChI=1S/C24H20ClFN2OS.ClH/c25-19-9-15(10-20(26)14-19)11-21-13-17-4-2-6-22(23(17)30-21)16-3-1-5-18(12-16)24(29)28-8-7-27;/h1-6,9-10,12-14H,7-8,11,27H2,(H,28,29);1H. The minimum atomic E-state index is -0.330. The third-order valence-electron chi connectivity index (χ3n) is 4.76. The summed E-state index contributed by atoms with van der Waals surface area (Å²) in [7, 11) is 0. The molecule has 0 saturated heterocycles. The number of nitrogens with one attached hydrogen (secondary N) is 1. The van der Waals surface area contributed by atoms with Gasteiger partial charge < -0.3 is 11.1 Å². The fraction of sp³-hybridized carbons (Fsp3) is 0.125. The number of hydrogen-bond donors (Lipinski definition) is 2. The molecule has 3 nitrogen and oxygen atoms in total. The van der Waals surface area contributed by atoms with Gasteiger partial charge in [-0.15, -0.1) is 23.7 Å². The summed E-state index contributed by atoms with van der Waals surface area (Å²) in [5.41, 5.74) is 8.95. The molecule has 0 saturated carbocycles. The van der Waals surface area contributed by atoms with Crippen LogP contribution in [0.5, 0.6) is 0 Å². The molecular formula is C24H21Cl2FN2OS. The first-order valence-electron chi connectivity index (χ1n) is 9.58. The molecule has 1 aromatic heterocycles. The average Bonchev–Trinajstić information content (AvgIpc) is 3.13. The van der Waals surface area contributed by atoms with E-state index in [0.717, 1.165) is 31.7 Å². The third kappa shape index (κ3) is 5.43. The molecule has 0 spiro atoms. The zero-order valence-corrected chi connectivity index (χ0v) is 18.9. The SMILES string of the molecule is Cl.NCCNC(=O)c1cccc(-c2cccc3cc(Cc4cc(F)cc(Cl)c4)sc23)c1. The molecule has 0 bridgehead atoms. The van der Waals surface area contributed by atoms with E-state index < -0.39 is 0 Å². The van der Waals surface area contributed by atoms with Gasteiger partial charge in [-0.1, -0.05) is 41.9 Å². The van der Waals surface area contributed by atoms with Crippen LogP contribution in [0.15, 0.2) is 66.7 Å². The lowest BCUT2D eigenvalue weighted by molar-refractivity contribution is 0.0955. The monoisotopic (exact) mass is 474 g/mol. The van der Waals surface area contributed by atoms with Crippen LogP contribution in [0.4, 0.5) is 4.39 Å². The topological polar surface area (TPSA) is 55.1 Å². The van der Waals surface area contributed by atoms with Crippen LogP contribution in [0.25, 0.3) is 21.2 Å². The second-order valence-corrected chi connectivity index (χ2v) is 8.59. The Labute approximate surface area is 195 Å². The van der Waals surface area contributed by atoms with Crippen molar-refractivity contribution in [2.75, 3.05) is 13.1 Å². The Kier molecular flexibility index (Phi) is 7.68. The molecule has 3 aromatic carbocycles. The van der Waals surface area contributed by atoms with Crippen molar-refractivity contribution in [3.8, 4) is 11.1 Å². The molecule has 3 N–H and O–H groups in total. The Balaban J connectivity index is 0.00000272. The van der Waals surface area contributed by atoms with Crippen molar-refractivity contribution >= 4 is 51.3 Å². The van der Waals surface area contributed by atoms with Crippen molar-refractivity contribution in [2.45, 2.75) is 6.42 Å². The summed E-state index contributed by atoms with van der Waals surface area (Å²) >= 11 is 7.67. The van der Waals surface area contributed by atoms with Gasteiger partial charge >= 0.3 is 0 Å². The van der Waals surface area contributed by atoms with Gasteiger partial charge in [-0.3, -0.25) is 4.79 Å². The van der Waals surface area contributed by atoms with E-state index in [9.17, 15) is 9.18 Å². The minimum absolute atomic E-state index is 0. The highest BCUT2D eigenvalue weighted by atomic mass is 35.5. The number of carbonyl (C=O) groups excluding carboxylic acids is 1. The van der Waals surface area contributed by atoms with Crippen LogP contribution in [0, 0.1) is 5.82 Å². The van der Waals surface area contributed by atoms with Gasteiger partial charge in [0.05, 0.1) is 0 Å². The summed E-state index contributed by atoms with van der Waals surface area (Å²) in [4.78, 5) is 13.4. The first kappa shape index (κ1) is 23.2. The molecule has 0 unspecified atom stereocenters. The summed E-state index contributed by atoms with van der Waals surface area (Å²) in [6.45, 7) is 0.844. The van der Waals surface area contributed by atoms with Gasteiger partial charge in [0.25, 0.3) is 5.91 Å². The number of nitrogens with two attached hydrogens (primary N) is 1. The van der Waals surface area contributed by atoms with Gasteiger partial charge in [-0.25, -0.2) is 4.39 Å². The van der Waals surface area contributed by atoms with Crippen molar-refractivity contribution in [2.24, 2.45) is 5.73 Å². The molecule has 0 aliphatic heterocycles.